The van der Waals surface area contributed by atoms with Gasteiger partial charge in [-0.15, -0.1) is 11.3 Å². The number of aryl methyl sites for hydroxylation is 3. The Morgan fingerprint density at radius 2 is 0.930 bits per heavy atom. The molecule has 0 bridgehead atoms. The van der Waals surface area contributed by atoms with Crippen LogP contribution < -0.4 is 35.8 Å². The van der Waals surface area contributed by atoms with Gasteiger partial charge in [0.1, 0.15) is 11.5 Å². The molecule has 6 heteroatoms. The van der Waals surface area contributed by atoms with Crippen molar-refractivity contribution in [2.75, 3.05) is 14.7 Å². The van der Waals surface area contributed by atoms with Crippen LogP contribution in [0.1, 0.15) is 16.7 Å². The first-order valence-electron chi connectivity index (χ1n) is 24.4. The molecule has 0 spiro atoms. The topological polar surface area (TPSA) is 19.0 Å². The third kappa shape index (κ3) is 6.81. The SMILES string of the molecule is Cc1ccc(N(c2cc3c4c(c2)N(c2ccc(C)cc2)c2ccc5ccccc5c2B4c2ccc(N(c4ccc(C)cc4)c4ccc5sc6ccccc6c5c4)cc2O3)c2ccc3ccccc3c2)cc1. The van der Waals surface area contributed by atoms with Gasteiger partial charge in [-0.25, -0.2) is 0 Å². The molecule has 2 aliphatic rings. The van der Waals surface area contributed by atoms with E-state index in [0.29, 0.717) is 0 Å². The van der Waals surface area contributed by atoms with Crippen LogP contribution in [0.5, 0.6) is 11.5 Å². The molecule has 3 heterocycles. The lowest BCUT2D eigenvalue weighted by Gasteiger charge is -2.41. The van der Waals surface area contributed by atoms with Gasteiger partial charge in [-0.2, -0.15) is 0 Å². The van der Waals surface area contributed by atoms with Gasteiger partial charge in [-0.05, 0) is 150 Å². The molecule has 14 rings (SSSR count). The van der Waals surface area contributed by atoms with Gasteiger partial charge in [-0.3, -0.25) is 0 Å². The summed E-state index contributed by atoms with van der Waals surface area (Å²) in [5.74, 6) is 1.69. The van der Waals surface area contributed by atoms with Gasteiger partial charge in [0.2, 0.25) is 0 Å². The van der Waals surface area contributed by atoms with E-state index in [0.717, 1.165) is 73.6 Å². The minimum atomic E-state index is -0.121. The van der Waals surface area contributed by atoms with Crippen LogP contribution >= 0.6 is 11.3 Å². The van der Waals surface area contributed by atoms with E-state index in [1.165, 1.54) is 63.9 Å². The number of rotatable bonds is 7. The number of hydrogen-bond donors (Lipinski definition) is 0. The first-order chi connectivity index (χ1) is 34.9. The number of fused-ring (bicyclic) bond motifs is 10. The smallest absolute Gasteiger partial charge is 0.257 e. The Kier molecular flexibility index (Phi) is 9.48. The average molecular weight is 928 g/mol. The first-order valence-corrected chi connectivity index (χ1v) is 25.2. The highest BCUT2D eigenvalue weighted by molar-refractivity contribution is 7.25. The second kappa shape index (κ2) is 16.3. The van der Waals surface area contributed by atoms with Crippen molar-refractivity contribution >= 4 is 127 Å². The van der Waals surface area contributed by atoms with Crippen LogP contribution in [0, 0.1) is 20.8 Å². The monoisotopic (exact) mass is 927 g/mol. The van der Waals surface area contributed by atoms with E-state index in [1.54, 1.807) is 0 Å². The highest BCUT2D eigenvalue weighted by Crippen LogP contribution is 2.48. The van der Waals surface area contributed by atoms with Crippen LogP contribution in [-0.4, -0.2) is 6.71 Å². The van der Waals surface area contributed by atoms with E-state index in [9.17, 15) is 0 Å². The Hall–Kier alpha value is -8.58. The summed E-state index contributed by atoms with van der Waals surface area (Å²) in [5.41, 5.74) is 16.9. The van der Waals surface area contributed by atoms with E-state index < -0.39 is 0 Å². The van der Waals surface area contributed by atoms with Crippen LogP contribution in [0.3, 0.4) is 0 Å². The molecule has 0 unspecified atom stereocenters. The van der Waals surface area contributed by atoms with Crippen molar-refractivity contribution in [2.24, 2.45) is 0 Å². The number of ether oxygens (including phenoxy) is 1. The zero-order chi connectivity index (χ0) is 47.3. The molecule has 1 aromatic heterocycles. The molecule has 0 fully saturated rings. The van der Waals surface area contributed by atoms with Gasteiger partial charge in [-0.1, -0.05) is 138 Å². The predicted molar refractivity (Wildman–Crippen MR) is 304 cm³/mol. The molecule has 336 valence electrons. The molecule has 0 saturated carbocycles. The first kappa shape index (κ1) is 41.4. The molecule has 71 heavy (non-hydrogen) atoms. The number of hydrogen-bond acceptors (Lipinski definition) is 5. The average Bonchev–Trinajstić information content (AvgIpc) is 3.78. The number of thiophene rings is 1. The Morgan fingerprint density at radius 1 is 0.380 bits per heavy atom. The minimum absolute atomic E-state index is 0.121. The fourth-order valence-electron chi connectivity index (χ4n) is 11.2. The summed E-state index contributed by atoms with van der Waals surface area (Å²) in [6.45, 7) is 6.33. The zero-order valence-corrected chi connectivity index (χ0v) is 40.4. The summed E-state index contributed by atoms with van der Waals surface area (Å²) in [4.78, 5) is 7.24. The molecule has 11 aromatic carbocycles. The summed E-state index contributed by atoms with van der Waals surface area (Å²) in [6, 6.07) is 82.8. The number of anilines is 9. The number of benzene rings is 11. The van der Waals surface area contributed by atoms with E-state index in [4.69, 9.17) is 4.74 Å². The van der Waals surface area contributed by atoms with Gasteiger partial charge in [0, 0.05) is 77.8 Å². The molecule has 4 nitrogen and oxygen atoms in total. The molecule has 12 aromatic rings. The quantitative estimate of drug-likeness (QED) is 0.148. The highest BCUT2D eigenvalue weighted by Gasteiger charge is 2.44. The van der Waals surface area contributed by atoms with Crippen molar-refractivity contribution in [1.82, 2.24) is 0 Å². The Labute approximate surface area is 417 Å². The third-order valence-electron chi connectivity index (χ3n) is 14.6. The highest BCUT2D eigenvalue weighted by atomic mass is 32.1. The van der Waals surface area contributed by atoms with Crippen LogP contribution in [0.15, 0.2) is 224 Å². The minimum Gasteiger partial charge on any atom is -0.458 e. The van der Waals surface area contributed by atoms with Gasteiger partial charge < -0.3 is 19.4 Å². The summed E-state index contributed by atoms with van der Waals surface area (Å²) in [6.07, 6.45) is 0. The van der Waals surface area contributed by atoms with E-state index in [1.807, 2.05) is 11.3 Å². The van der Waals surface area contributed by atoms with E-state index in [-0.39, 0.29) is 6.71 Å². The summed E-state index contributed by atoms with van der Waals surface area (Å²) in [5, 5.41) is 7.38. The lowest BCUT2D eigenvalue weighted by atomic mass is 9.33. The Morgan fingerprint density at radius 3 is 1.69 bits per heavy atom. The third-order valence-corrected chi connectivity index (χ3v) is 15.8. The molecule has 0 N–H and O–H groups in total. The summed E-state index contributed by atoms with van der Waals surface area (Å²) < 4.78 is 10.1. The largest absolute Gasteiger partial charge is 0.458 e. The fraction of sp³-hybridized carbons (Fsp3) is 0.0462. The van der Waals surface area contributed by atoms with Crippen molar-refractivity contribution in [3.8, 4) is 11.5 Å². The lowest BCUT2D eigenvalue weighted by Crippen LogP contribution is -2.59. The van der Waals surface area contributed by atoms with Crippen molar-refractivity contribution in [3.05, 3.63) is 241 Å². The molecular formula is C65H46BN3OS. The molecule has 0 saturated heterocycles. The fourth-order valence-corrected chi connectivity index (χ4v) is 12.3. The van der Waals surface area contributed by atoms with Crippen LogP contribution in [0.25, 0.3) is 41.7 Å². The molecular weight excluding hydrogens is 882 g/mol. The van der Waals surface area contributed by atoms with Crippen LogP contribution in [-0.2, 0) is 0 Å². The summed E-state index contributed by atoms with van der Waals surface area (Å²) >= 11 is 1.85. The molecule has 0 aliphatic carbocycles. The lowest BCUT2D eigenvalue weighted by molar-refractivity contribution is 0.488. The van der Waals surface area contributed by atoms with Crippen molar-refractivity contribution in [3.63, 3.8) is 0 Å². The maximum absolute atomic E-state index is 7.53. The second-order valence-electron chi connectivity index (χ2n) is 19.2. The maximum Gasteiger partial charge on any atom is 0.257 e. The standard InChI is InChI=1S/C65H46BN3OS/c1-41-16-24-47(25-17-41)67(51-32-35-63-56(37-51)55-14-8-9-15-62(55)71-63)52-31-33-57-60(39-52)70-61-40-53(68(48-26-18-42(2)19-27-48)50-30-22-44-10-4-5-12-46(44)36-50)38-59-65(61)66(57)64-54-13-7-6-11-45(54)23-34-58(64)69(59)49-28-20-43(3)21-29-49/h4-40H,1-3H3. The molecule has 0 atom stereocenters. The molecule has 2 aliphatic heterocycles. The predicted octanol–water partition coefficient (Wildman–Crippen LogP) is 16.6. The van der Waals surface area contributed by atoms with Crippen LogP contribution in [0.2, 0.25) is 0 Å². The van der Waals surface area contributed by atoms with E-state index >= 15 is 0 Å². The normalized spacial score (nSPS) is 12.5. The summed E-state index contributed by atoms with van der Waals surface area (Å²) in [7, 11) is 0. The van der Waals surface area contributed by atoms with Crippen molar-refractivity contribution in [2.45, 2.75) is 20.8 Å². The molecule has 0 amide bonds. The number of nitrogens with zero attached hydrogens (tertiary/aromatic N) is 3. The zero-order valence-electron chi connectivity index (χ0n) is 39.6. The van der Waals surface area contributed by atoms with Gasteiger partial charge in [0.05, 0.1) is 5.69 Å². The maximum atomic E-state index is 7.53. The van der Waals surface area contributed by atoms with Gasteiger partial charge >= 0.3 is 0 Å². The second-order valence-corrected chi connectivity index (χ2v) is 20.3. The van der Waals surface area contributed by atoms with Crippen molar-refractivity contribution < 1.29 is 4.74 Å². The van der Waals surface area contributed by atoms with Crippen LogP contribution in [0.4, 0.5) is 51.2 Å². The van der Waals surface area contributed by atoms with Crippen molar-refractivity contribution in [1.29, 1.82) is 0 Å². The molecule has 0 radical (unpaired) electrons. The van der Waals surface area contributed by atoms with Gasteiger partial charge in [0.15, 0.2) is 0 Å². The van der Waals surface area contributed by atoms with Gasteiger partial charge in [0.25, 0.3) is 6.71 Å². The Bertz CT molecular complexity index is 4090. The Balaban J connectivity index is 1.02. The van der Waals surface area contributed by atoms with E-state index in [2.05, 4.69) is 260 Å².